The Bertz CT molecular complexity index is 701. The molecule has 3 N–H and O–H groups in total. The summed E-state index contributed by atoms with van der Waals surface area (Å²) >= 11 is 13.1. The molecule has 0 aliphatic carbocycles. The number of benzene rings is 1. The van der Waals surface area contributed by atoms with Gasteiger partial charge in [-0.25, -0.2) is 0 Å². The lowest BCUT2D eigenvalue weighted by Gasteiger charge is -2.07. The van der Waals surface area contributed by atoms with Gasteiger partial charge in [-0.05, 0) is 29.6 Å². The second-order valence-corrected chi connectivity index (χ2v) is 5.51. The molecule has 102 valence electrons. The van der Waals surface area contributed by atoms with E-state index in [-0.39, 0.29) is 12.5 Å². The monoisotopic (exact) mass is 324 g/mol. The van der Waals surface area contributed by atoms with Crippen molar-refractivity contribution in [2.75, 3.05) is 11.9 Å². The molecule has 2 rings (SSSR count). The van der Waals surface area contributed by atoms with Crippen LogP contribution < -0.4 is 11.1 Å². The number of nitrogens with one attached hydrogen (secondary N) is 1. The summed E-state index contributed by atoms with van der Waals surface area (Å²) in [5.41, 5.74) is 6.54. The van der Waals surface area contributed by atoms with Gasteiger partial charge >= 0.3 is 0 Å². The molecule has 1 aromatic carbocycles. The van der Waals surface area contributed by atoms with E-state index in [0.717, 1.165) is 0 Å². The molecule has 0 spiro atoms. The molecule has 0 aliphatic heterocycles. The summed E-state index contributed by atoms with van der Waals surface area (Å²) in [6.45, 7) is 0.243. The molecule has 2 aromatic rings. The molecular weight excluding hydrogens is 315 g/mol. The third-order valence-electron chi connectivity index (χ3n) is 2.38. The fourth-order valence-electron chi connectivity index (χ4n) is 1.51. The Morgan fingerprint density at radius 2 is 2.15 bits per heavy atom. The maximum absolute atomic E-state index is 12.1. The Kier molecular flexibility index (Phi) is 5.05. The molecule has 6 heteroatoms. The van der Waals surface area contributed by atoms with Gasteiger partial charge in [0.2, 0.25) is 0 Å². The zero-order valence-electron chi connectivity index (χ0n) is 10.2. The van der Waals surface area contributed by atoms with Gasteiger partial charge in [0.25, 0.3) is 5.91 Å². The van der Waals surface area contributed by atoms with E-state index < -0.39 is 0 Å². The van der Waals surface area contributed by atoms with Crippen molar-refractivity contribution >= 4 is 46.1 Å². The van der Waals surface area contributed by atoms with Gasteiger partial charge in [-0.1, -0.05) is 35.0 Å². The molecule has 1 aromatic heterocycles. The number of thiophene rings is 1. The smallest absolute Gasteiger partial charge is 0.267 e. The Hall–Kier alpha value is -1.51. The van der Waals surface area contributed by atoms with Gasteiger partial charge in [0.1, 0.15) is 4.88 Å². The fourth-order valence-corrected chi connectivity index (χ4v) is 2.72. The van der Waals surface area contributed by atoms with Crippen molar-refractivity contribution in [2.24, 2.45) is 5.73 Å². The second kappa shape index (κ2) is 6.78. The van der Waals surface area contributed by atoms with E-state index in [2.05, 4.69) is 17.2 Å². The molecular formula is C14H10Cl2N2OS. The van der Waals surface area contributed by atoms with Crippen molar-refractivity contribution in [3.63, 3.8) is 0 Å². The summed E-state index contributed by atoms with van der Waals surface area (Å²) in [7, 11) is 0. The van der Waals surface area contributed by atoms with Crippen molar-refractivity contribution in [3.8, 4) is 11.8 Å². The standard InChI is InChI=1S/C14H10Cl2N2OS/c15-10-4-3-9(2-1-6-17)12(8-10)18-14(19)13-11(16)5-7-20-13/h3-5,7-8H,6,17H2,(H,18,19). The summed E-state index contributed by atoms with van der Waals surface area (Å²) < 4.78 is 0. The molecule has 0 radical (unpaired) electrons. The zero-order valence-corrected chi connectivity index (χ0v) is 12.6. The predicted molar refractivity (Wildman–Crippen MR) is 84.7 cm³/mol. The quantitative estimate of drug-likeness (QED) is 0.829. The van der Waals surface area contributed by atoms with Crippen molar-refractivity contribution in [1.29, 1.82) is 0 Å². The van der Waals surface area contributed by atoms with Gasteiger partial charge in [-0.15, -0.1) is 11.3 Å². The Labute approximate surface area is 130 Å². The number of carbonyl (C=O) groups excluding carboxylic acids is 1. The van der Waals surface area contributed by atoms with Crippen LogP contribution in [0.5, 0.6) is 0 Å². The maximum Gasteiger partial charge on any atom is 0.267 e. The van der Waals surface area contributed by atoms with Crippen LogP contribution in [0.3, 0.4) is 0 Å². The minimum Gasteiger partial charge on any atom is -0.320 e. The first-order valence-electron chi connectivity index (χ1n) is 5.64. The number of halogens is 2. The number of hydrogen-bond acceptors (Lipinski definition) is 3. The van der Waals surface area contributed by atoms with E-state index in [1.54, 1.807) is 29.6 Å². The molecule has 1 heterocycles. The van der Waals surface area contributed by atoms with Crippen LogP contribution in [0.2, 0.25) is 10.0 Å². The zero-order chi connectivity index (χ0) is 14.5. The Morgan fingerprint density at radius 3 is 2.80 bits per heavy atom. The van der Waals surface area contributed by atoms with E-state index in [1.165, 1.54) is 11.3 Å². The first-order chi connectivity index (χ1) is 9.61. The molecule has 1 amide bonds. The lowest BCUT2D eigenvalue weighted by molar-refractivity contribution is 0.103. The van der Waals surface area contributed by atoms with Gasteiger partial charge < -0.3 is 11.1 Å². The van der Waals surface area contributed by atoms with Gasteiger partial charge in [0.05, 0.1) is 17.3 Å². The summed E-state index contributed by atoms with van der Waals surface area (Å²) in [6.07, 6.45) is 0. The maximum atomic E-state index is 12.1. The first kappa shape index (κ1) is 14.9. The van der Waals surface area contributed by atoms with Gasteiger partial charge in [0, 0.05) is 10.6 Å². The largest absolute Gasteiger partial charge is 0.320 e. The van der Waals surface area contributed by atoms with Gasteiger partial charge in [0.15, 0.2) is 0 Å². The average Bonchev–Trinajstić information content (AvgIpc) is 2.84. The van der Waals surface area contributed by atoms with Crippen molar-refractivity contribution < 1.29 is 4.79 Å². The third kappa shape index (κ3) is 3.53. The number of anilines is 1. The minimum absolute atomic E-state index is 0.243. The number of rotatable bonds is 2. The SMILES string of the molecule is NCC#Cc1ccc(Cl)cc1NC(=O)c1sccc1Cl. The molecule has 0 bridgehead atoms. The predicted octanol–water partition coefficient (Wildman–Crippen LogP) is 3.62. The number of nitrogens with two attached hydrogens (primary N) is 1. The molecule has 0 aliphatic rings. The van der Waals surface area contributed by atoms with Crippen LogP contribution in [0.15, 0.2) is 29.6 Å². The second-order valence-electron chi connectivity index (χ2n) is 3.75. The summed E-state index contributed by atoms with van der Waals surface area (Å²) in [4.78, 5) is 12.6. The van der Waals surface area contributed by atoms with Crippen LogP contribution in [0.1, 0.15) is 15.2 Å². The van der Waals surface area contributed by atoms with Crippen LogP contribution in [-0.2, 0) is 0 Å². The first-order valence-corrected chi connectivity index (χ1v) is 7.28. The molecule has 20 heavy (non-hydrogen) atoms. The average molecular weight is 325 g/mol. The third-order valence-corrected chi connectivity index (χ3v) is 3.95. The van der Waals surface area contributed by atoms with E-state index >= 15 is 0 Å². The highest BCUT2D eigenvalue weighted by molar-refractivity contribution is 7.12. The van der Waals surface area contributed by atoms with Crippen LogP contribution in [0, 0.1) is 11.8 Å². The highest BCUT2D eigenvalue weighted by Crippen LogP contribution is 2.25. The lowest BCUT2D eigenvalue weighted by atomic mass is 10.1. The summed E-state index contributed by atoms with van der Waals surface area (Å²) in [5.74, 6) is 5.34. The Morgan fingerprint density at radius 1 is 1.35 bits per heavy atom. The molecule has 0 saturated heterocycles. The van der Waals surface area contributed by atoms with E-state index in [1.807, 2.05) is 0 Å². The van der Waals surface area contributed by atoms with Crippen LogP contribution in [0.25, 0.3) is 0 Å². The molecule has 3 nitrogen and oxygen atoms in total. The normalized spacial score (nSPS) is 9.75. The van der Waals surface area contributed by atoms with E-state index in [9.17, 15) is 4.79 Å². The van der Waals surface area contributed by atoms with Crippen LogP contribution in [0.4, 0.5) is 5.69 Å². The van der Waals surface area contributed by atoms with Gasteiger partial charge in [-0.2, -0.15) is 0 Å². The summed E-state index contributed by atoms with van der Waals surface area (Å²) in [5, 5.41) is 5.45. The van der Waals surface area contributed by atoms with E-state index in [4.69, 9.17) is 28.9 Å². The lowest BCUT2D eigenvalue weighted by Crippen LogP contribution is -2.11. The Balaban J connectivity index is 2.31. The molecule has 0 unspecified atom stereocenters. The van der Waals surface area contributed by atoms with Crippen molar-refractivity contribution in [2.45, 2.75) is 0 Å². The topological polar surface area (TPSA) is 55.1 Å². The highest BCUT2D eigenvalue weighted by Gasteiger charge is 2.13. The molecule has 0 atom stereocenters. The van der Waals surface area contributed by atoms with Crippen molar-refractivity contribution in [1.82, 2.24) is 0 Å². The fraction of sp³-hybridized carbons (Fsp3) is 0.0714. The van der Waals surface area contributed by atoms with Crippen molar-refractivity contribution in [3.05, 3.63) is 50.1 Å². The summed E-state index contributed by atoms with van der Waals surface area (Å²) in [6, 6.07) is 6.75. The molecule has 0 saturated carbocycles. The number of carbonyl (C=O) groups is 1. The van der Waals surface area contributed by atoms with Crippen LogP contribution in [-0.4, -0.2) is 12.5 Å². The van der Waals surface area contributed by atoms with Crippen LogP contribution >= 0.6 is 34.5 Å². The van der Waals surface area contributed by atoms with E-state index in [0.29, 0.717) is 26.2 Å². The number of hydrogen-bond donors (Lipinski definition) is 2. The number of amides is 1. The minimum atomic E-state index is -0.289. The van der Waals surface area contributed by atoms with Gasteiger partial charge in [-0.3, -0.25) is 4.79 Å². The molecule has 0 fully saturated rings. The highest BCUT2D eigenvalue weighted by atomic mass is 35.5.